The number of ether oxygens (including phenoxy) is 2. The summed E-state index contributed by atoms with van der Waals surface area (Å²) in [5, 5.41) is 10.8. The summed E-state index contributed by atoms with van der Waals surface area (Å²) in [6.45, 7) is 7.35. The number of nitro groups is 1. The van der Waals surface area contributed by atoms with Gasteiger partial charge in [-0.1, -0.05) is 19.6 Å². The second-order valence-electron chi connectivity index (χ2n) is 5.21. The maximum Gasteiger partial charge on any atom is 0.330 e. The van der Waals surface area contributed by atoms with Crippen molar-refractivity contribution in [2.24, 2.45) is 0 Å². The quantitative estimate of drug-likeness (QED) is 0.248. The van der Waals surface area contributed by atoms with E-state index < -0.39 is 13.0 Å². The standard InChI is InChI=1S/C11H17BrN2O4Si/c1-19(2,3)5-4-17-8-18-11-9(12)6-13-7-10(11)14(15)16/h6-7H,4-5,8H2,1-3H3. The van der Waals surface area contributed by atoms with Crippen molar-refractivity contribution >= 4 is 29.7 Å². The number of hydrogen-bond donors (Lipinski definition) is 0. The topological polar surface area (TPSA) is 74.5 Å². The van der Waals surface area contributed by atoms with Crippen LogP contribution in [0.5, 0.6) is 5.75 Å². The molecule has 0 N–H and O–H groups in total. The summed E-state index contributed by atoms with van der Waals surface area (Å²) in [5.41, 5.74) is -0.178. The minimum absolute atomic E-state index is 0.00602. The molecule has 1 heterocycles. The molecule has 0 amide bonds. The molecular weight excluding hydrogens is 332 g/mol. The minimum Gasteiger partial charge on any atom is -0.459 e. The summed E-state index contributed by atoms with van der Waals surface area (Å²) in [5.74, 6) is 0.146. The molecule has 106 valence electrons. The lowest BCUT2D eigenvalue weighted by Crippen LogP contribution is -2.22. The van der Waals surface area contributed by atoms with Gasteiger partial charge in [0.15, 0.2) is 6.79 Å². The van der Waals surface area contributed by atoms with Crippen molar-refractivity contribution in [1.29, 1.82) is 0 Å². The molecule has 0 unspecified atom stereocenters. The van der Waals surface area contributed by atoms with E-state index in [1.807, 2.05) is 0 Å². The van der Waals surface area contributed by atoms with E-state index in [9.17, 15) is 10.1 Å². The van der Waals surface area contributed by atoms with Gasteiger partial charge in [-0.15, -0.1) is 0 Å². The highest BCUT2D eigenvalue weighted by Gasteiger charge is 2.19. The molecule has 0 saturated carbocycles. The van der Waals surface area contributed by atoms with Crippen molar-refractivity contribution in [2.75, 3.05) is 13.4 Å². The van der Waals surface area contributed by atoms with Gasteiger partial charge in [0.25, 0.3) is 0 Å². The monoisotopic (exact) mass is 348 g/mol. The van der Waals surface area contributed by atoms with E-state index in [1.165, 1.54) is 6.20 Å². The number of hydrogen-bond acceptors (Lipinski definition) is 5. The highest BCUT2D eigenvalue weighted by atomic mass is 79.9. The van der Waals surface area contributed by atoms with Crippen LogP contribution in [0.4, 0.5) is 5.69 Å². The third-order valence-electron chi connectivity index (χ3n) is 2.31. The first-order valence-corrected chi connectivity index (χ1v) is 10.3. The molecule has 0 aliphatic heterocycles. The summed E-state index contributed by atoms with van der Waals surface area (Å²) in [6.07, 6.45) is 2.60. The van der Waals surface area contributed by atoms with E-state index in [0.717, 1.165) is 12.2 Å². The SMILES string of the molecule is C[Si](C)(C)CCOCOc1c(Br)cncc1[N+](=O)[O-]. The molecule has 1 aromatic heterocycles. The first kappa shape index (κ1) is 16.1. The molecule has 1 rings (SSSR count). The molecule has 0 atom stereocenters. The van der Waals surface area contributed by atoms with E-state index in [1.54, 1.807) is 0 Å². The average Bonchev–Trinajstić information content (AvgIpc) is 2.28. The Balaban J connectivity index is 2.52. The van der Waals surface area contributed by atoms with Crippen LogP contribution in [0, 0.1) is 10.1 Å². The Kier molecular flexibility index (Phi) is 5.89. The summed E-state index contributed by atoms with van der Waals surface area (Å²) in [6, 6.07) is 1.02. The molecule has 0 saturated heterocycles. The van der Waals surface area contributed by atoms with Crippen LogP contribution in [0.1, 0.15) is 0 Å². The largest absolute Gasteiger partial charge is 0.459 e. The smallest absolute Gasteiger partial charge is 0.330 e. The Bertz CT molecular complexity index is 451. The van der Waals surface area contributed by atoms with Crippen LogP contribution in [-0.2, 0) is 4.74 Å². The van der Waals surface area contributed by atoms with E-state index in [4.69, 9.17) is 9.47 Å². The van der Waals surface area contributed by atoms with E-state index in [0.29, 0.717) is 11.1 Å². The Morgan fingerprint density at radius 1 is 1.42 bits per heavy atom. The number of halogens is 1. The maximum atomic E-state index is 10.8. The molecule has 0 spiro atoms. The van der Waals surface area contributed by atoms with Crippen LogP contribution < -0.4 is 4.74 Å². The van der Waals surface area contributed by atoms with Crippen molar-refractivity contribution in [3.63, 3.8) is 0 Å². The molecule has 19 heavy (non-hydrogen) atoms. The van der Waals surface area contributed by atoms with Crippen molar-refractivity contribution in [1.82, 2.24) is 4.98 Å². The predicted molar refractivity (Wildman–Crippen MR) is 78.2 cm³/mol. The molecule has 0 aromatic carbocycles. The molecule has 8 heteroatoms. The van der Waals surface area contributed by atoms with E-state index >= 15 is 0 Å². The summed E-state index contributed by atoms with van der Waals surface area (Å²) in [7, 11) is -1.13. The number of aromatic nitrogens is 1. The third-order valence-corrected chi connectivity index (χ3v) is 4.58. The van der Waals surface area contributed by atoms with Crippen molar-refractivity contribution < 1.29 is 14.4 Å². The van der Waals surface area contributed by atoms with Crippen molar-refractivity contribution in [3.05, 3.63) is 27.0 Å². The summed E-state index contributed by atoms with van der Waals surface area (Å²) >= 11 is 3.18. The van der Waals surface area contributed by atoms with E-state index in [2.05, 4.69) is 40.6 Å². The lowest BCUT2D eigenvalue weighted by molar-refractivity contribution is -0.386. The number of rotatable bonds is 7. The lowest BCUT2D eigenvalue weighted by Gasteiger charge is -2.15. The first-order chi connectivity index (χ1) is 8.81. The first-order valence-electron chi connectivity index (χ1n) is 5.80. The molecule has 6 nitrogen and oxygen atoms in total. The van der Waals surface area contributed by atoms with Gasteiger partial charge in [-0.3, -0.25) is 15.1 Å². The maximum absolute atomic E-state index is 10.8. The number of pyridine rings is 1. The molecule has 0 fully saturated rings. The van der Waals surface area contributed by atoms with Crippen LogP contribution in [0.2, 0.25) is 25.7 Å². The fourth-order valence-electron chi connectivity index (χ4n) is 1.22. The van der Waals surface area contributed by atoms with Gasteiger partial charge in [-0.2, -0.15) is 0 Å². The van der Waals surface area contributed by atoms with Crippen molar-refractivity contribution in [3.8, 4) is 5.75 Å². The number of nitrogens with zero attached hydrogens (tertiary/aromatic N) is 2. The minimum atomic E-state index is -1.13. The van der Waals surface area contributed by atoms with Gasteiger partial charge in [0, 0.05) is 20.9 Å². The lowest BCUT2D eigenvalue weighted by atomic mass is 10.4. The molecule has 0 aliphatic carbocycles. The van der Waals surface area contributed by atoms with Gasteiger partial charge in [0.2, 0.25) is 5.75 Å². The highest BCUT2D eigenvalue weighted by molar-refractivity contribution is 9.10. The molecule has 0 radical (unpaired) electrons. The third kappa shape index (κ3) is 5.66. The van der Waals surface area contributed by atoms with Crippen LogP contribution >= 0.6 is 15.9 Å². The Morgan fingerprint density at radius 2 is 2.11 bits per heavy atom. The summed E-state index contributed by atoms with van der Waals surface area (Å²) < 4.78 is 11.1. The Hall–Kier alpha value is -0.993. The van der Waals surface area contributed by atoms with Crippen LogP contribution in [-0.4, -0.2) is 31.4 Å². The highest BCUT2D eigenvalue weighted by Crippen LogP contribution is 2.33. The zero-order valence-electron chi connectivity index (χ0n) is 11.2. The molecular formula is C11H17BrN2O4Si. The summed E-state index contributed by atoms with van der Waals surface area (Å²) in [4.78, 5) is 14.0. The average molecular weight is 349 g/mol. The van der Waals surface area contributed by atoms with Crippen LogP contribution in [0.25, 0.3) is 0 Å². The fraction of sp³-hybridized carbons (Fsp3) is 0.545. The zero-order valence-corrected chi connectivity index (χ0v) is 13.8. The molecule has 1 aromatic rings. The van der Waals surface area contributed by atoms with Gasteiger partial charge in [0.05, 0.1) is 9.40 Å². The Labute approximate surface area is 121 Å². The van der Waals surface area contributed by atoms with Gasteiger partial charge in [0.1, 0.15) is 6.20 Å². The van der Waals surface area contributed by atoms with Crippen molar-refractivity contribution in [2.45, 2.75) is 25.7 Å². The van der Waals surface area contributed by atoms with Crippen LogP contribution in [0.3, 0.4) is 0 Å². The second kappa shape index (κ2) is 6.97. The second-order valence-corrected chi connectivity index (χ2v) is 11.7. The van der Waals surface area contributed by atoms with Gasteiger partial charge in [-0.05, 0) is 22.0 Å². The Morgan fingerprint density at radius 3 is 2.68 bits per heavy atom. The predicted octanol–water partition coefficient (Wildman–Crippen LogP) is 3.44. The van der Waals surface area contributed by atoms with Gasteiger partial charge >= 0.3 is 5.69 Å². The molecule has 0 aliphatic rings. The normalized spacial score (nSPS) is 11.4. The zero-order chi connectivity index (χ0) is 14.5. The van der Waals surface area contributed by atoms with Gasteiger partial charge < -0.3 is 9.47 Å². The fourth-order valence-corrected chi connectivity index (χ4v) is 2.42. The van der Waals surface area contributed by atoms with Gasteiger partial charge in [-0.25, -0.2) is 0 Å². The van der Waals surface area contributed by atoms with E-state index in [-0.39, 0.29) is 18.2 Å². The van der Waals surface area contributed by atoms with Crippen LogP contribution in [0.15, 0.2) is 16.9 Å². The molecule has 0 bridgehead atoms.